The summed E-state index contributed by atoms with van der Waals surface area (Å²) in [4.78, 5) is 14.9. The number of hydrogen-bond donors (Lipinski definition) is 1. The molecule has 0 atom stereocenters. The predicted molar refractivity (Wildman–Crippen MR) is 76.7 cm³/mol. The van der Waals surface area contributed by atoms with E-state index in [1.807, 2.05) is 0 Å². The van der Waals surface area contributed by atoms with Crippen LogP contribution in [0.15, 0.2) is 5.38 Å². The number of rotatable bonds is 4. The summed E-state index contributed by atoms with van der Waals surface area (Å²) in [7, 11) is -3.19. The first kappa shape index (κ1) is 15.4. The molecule has 0 bridgehead atoms. The van der Waals surface area contributed by atoms with Crippen LogP contribution >= 0.6 is 11.3 Å². The van der Waals surface area contributed by atoms with Crippen LogP contribution in [0.2, 0.25) is 0 Å². The number of aromatic carboxylic acids is 1. The second-order valence-corrected chi connectivity index (χ2v) is 8.52. The van der Waals surface area contributed by atoms with E-state index in [0.29, 0.717) is 25.9 Å². The Morgan fingerprint density at radius 2 is 2.05 bits per heavy atom. The Balaban J connectivity index is 2.02. The normalized spacial score (nSPS) is 18.6. The first-order valence-corrected chi connectivity index (χ1v) is 8.88. The second-order valence-electron chi connectivity index (χ2n) is 5.14. The molecule has 2 heterocycles. The zero-order valence-corrected chi connectivity index (χ0v) is 13.1. The van der Waals surface area contributed by atoms with Crippen LogP contribution in [-0.4, -0.2) is 47.1 Å². The fourth-order valence-electron chi connectivity index (χ4n) is 2.23. The van der Waals surface area contributed by atoms with Crippen molar-refractivity contribution in [3.63, 3.8) is 0 Å². The average molecular weight is 318 g/mol. The second kappa shape index (κ2) is 5.79. The molecular weight excluding hydrogens is 300 g/mol. The van der Waals surface area contributed by atoms with Crippen LogP contribution in [-0.2, 0) is 10.0 Å². The van der Waals surface area contributed by atoms with Gasteiger partial charge in [0.2, 0.25) is 10.0 Å². The van der Waals surface area contributed by atoms with E-state index in [4.69, 9.17) is 5.11 Å². The van der Waals surface area contributed by atoms with E-state index in [-0.39, 0.29) is 11.6 Å². The molecule has 0 aromatic carbocycles. The van der Waals surface area contributed by atoms with Gasteiger partial charge in [-0.2, -0.15) is 0 Å². The maximum atomic E-state index is 12.1. The van der Waals surface area contributed by atoms with Crippen molar-refractivity contribution in [3.05, 3.63) is 16.1 Å². The Hall–Kier alpha value is -0.990. The minimum absolute atomic E-state index is 0.0715. The Morgan fingerprint density at radius 3 is 2.50 bits per heavy atom. The van der Waals surface area contributed by atoms with E-state index in [1.165, 1.54) is 21.0 Å². The number of piperidine rings is 1. The topological polar surface area (TPSA) is 87.6 Å². The summed E-state index contributed by atoms with van der Waals surface area (Å²) in [5, 5.41) is 10.8. The minimum atomic E-state index is -3.19. The van der Waals surface area contributed by atoms with Gasteiger partial charge < -0.3 is 5.11 Å². The standard InChI is InChI=1S/C12H18N2O4S2/c1-8(2)20(17,18)14-5-3-9(4-6-14)11-13-10(7-19-11)12(15)16/h7-9H,3-6H2,1-2H3,(H,15,16). The lowest BCUT2D eigenvalue weighted by molar-refractivity contribution is 0.0691. The largest absolute Gasteiger partial charge is 0.476 e. The molecule has 1 fully saturated rings. The third-order valence-electron chi connectivity index (χ3n) is 3.50. The third-order valence-corrected chi connectivity index (χ3v) is 6.78. The van der Waals surface area contributed by atoms with Crippen LogP contribution in [0.4, 0.5) is 0 Å². The number of thiazole rings is 1. The number of aromatic nitrogens is 1. The maximum Gasteiger partial charge on any atom is 0.355 e. The van der Waals surface area contributed by atoms with Gasteiger partial charge in [-0.25, -0.2) is 22.5 Å². The molecule has 1 N–H and O–H groups in total. The van der Waals surface area contributed by atoms with Crippen LogP contribution in [0.25, 0.3) is 0 Å². The number of nitrogens with zero attached hydrogens (tertiary/aromatic N) is 2. The van der Waals surface area contributed by atoms with Crippen LogP contribution in [0.3, 0.4) is 0 Å². The molecule has 0 spiro atoms. The van der Waals surface area contributed by atoms with Crippen LogP contribution < -0.4 is 0 Å². The maximum absolute atomic E-state index is 12.1. The lowest BCUT2D eigenvalue weighted by Crippen LogP contribution is -2.41. The highest BCUT2D eigenvalue weighted by Gasteiger charge is 2.31. The van der Waals surface area contributed by atoms with Crippen molar-refractivity contribution >= 4 is 27.3 Å². The quantitative estimate of drug-likeness (QED) is 0.914. The lowest BCUT2D eigenvalue weighted by atomic mass is 9.99. The molecule has 0 aliphatic carbocycles. The van der Waals surface area contributed by atoms with Crippen molar-refractivity contribution in [2.75, 3.05) is 13.1 Å². The first-order chi connectivity index (χ1) is 9.32. The highest BCUT2D eigenvalue weighted by molar-refractivity contribution is 7.89. The van der Waals surface area contributed by atoms with Gasteiger partial charge in [0.1, 0.15) is 0 Å². The number of carboxylic acid groups (broad SMARTS) is 1. The first-order valence-electron chi connectivity index (χ1n) is 6.50. The van der Waals surface area contributed by atoms with E-state index in [2.05, 4.69) is 4.98 Å². The number of carboxylic acids is 1. The molecule has 1 aliphatic heterocycles. The highest BCUT2D eigenvalue weighted by atomic mass is 32.2. The van der Waals surface area contributed by atoms with Crippen LogP contribution in [0, 0.1) is 0 Å². The van der Waals surface area contributed by atoms with Crippen molar-refractivity contribution in [1.82, 2.24) is 9.29 Å². The smallest absolute Gasteiger partial charge is 0.355 e. The van der Waals surface area contributed by atoms with Crippen molar-refractivity contribution < 1.29 is 18.3 Å². The Morgan fingerprint density at radius 1 is 1.45 bits per heavy atom. The van der Waals surface area contributed by atoms with E-state index < -0.39 is 21.2 Å². The van der Waals surface area contributed by atoms with Gasteiger partial charge in [0.25, 0.3) is 0 Å². The third kappa shape index (κ3) is 3.02. The molecule has 1 aromatic heterocycles. The Kier molecular flexibility index (Phi) is 4.46. The highest BCUT2D eigenvalue weighted by Crippen LogP contribution is 2.31. The van der Waals surface area contributed by atoms with Gasteiger partial charge in [-0.1, -0.05) is 0 Å². The molecule has 112 valence electrons. The number of carbonyl (C=O) groups is 1. The Labute approximate surface area is 122 Å². The molecule has 2 rings (SSSR count). The molecule has 20 heavy (non-hydrogen) atoms. The van der Waals surface area contributed by atoms with E-state index in [1.54, 1.807) is 13.8 Å². The van der Waals surface area contributed by atoms with Gasteiger partial charge in [-0.05, 0) is 26.7 Å². The molecule has 0 saturated carbocycles. The summed E-state index contributed by atoms with van der Waals surface area (Å²) in [6.45, 7) is 4.32. The Bertz CT molecular complexity index is 586. The predicted octanol–water partition coefficient (Wildman–Crippen LogP) is 1.76. The monoisotopic (exact) mass is 318 g/mol. The molecule has 6 nitrogen and oxygen atoms in total. The van der Waals surface area contributed by atoms with Crippen molar-refractivity contribution in [2.45, 2.75) is 37.9 Å². The van der Waals surface area contributed by atoms with Gasteiger partial charge in [0.15, 0.2) is 5.69 Å². The summed E-state index contributed by atoms with van der Waals surface area (Å²) >= 11 is 1.34. The van der Waals surface area contributed by atoms with E-state index in [9.17, 15) is 13.2 Å². The summed E-state index contributed by atoms with van der Waals surface area (Å²) in [5.41, 5.74) is 0.0715. The van der Waals surface area contributed by atoms with Gasteiger partial charge in [-0.3, -0.25) is 0 Å². The summed E-state index contributed by atoms with van der Waals surface area (Å²) < 4.78 is 25.6. The zero-order chi connectivity index (χ0) is 14.9. The van der Waals surface area contributed by atoms with Gasteiger partial charge in [-0.15, -0.1) is 11.3 Å². The molecule has 8 heteroatoms. The molecule has 0 amide bonds. The van der Waals surface area contributed by atoms with Crippen LogP contribution in [0.1, 0.15) is 48.1 Å². The van der Waals surface area contributed by atoms with E-state index in [0.717, 1.165) is 5.01 Å². The van der Waals surface area contributed by atoms with Crippen molar-refractivity contribution in [3.8, 4) is 0 Å². The molecule has 1 aromatic rings. The summed E-state index contributed by atoms with van der Waals surface area (Å²) in [5.74, 6) is -0.862. The molecule has 1 aliphatic rings. The fourth-order valence-corrected chi connectivity index (χ4v) is 4.51. The molecule has 0 unspecified atom stereocenters. The molecular formula is C12H18N2O4S2. The van der Waals surface area contributed by atoms with Gasteiger partial charge >= 0.3 is 5.97 Å². The summed E-state index contributed by atoms with van der Waals surface area (Å²) in [6.07, 6.45) is 1.39. The zero-order valence-electron chi connectivity index (χ0n) is 11.4. The van der Waals surface area contributed by atoms with Crippen molar-refractivity contribution in [1.29, 1.82) is 0 Å². The number of hydrogen-bond acceptors (Lipinski definition) is 5. The fraction of sp³-hybridized carbons (Fsp3) is 0.667. The summed E-state index contributed by atoms with van der Waals surface area (Å²) in [6, 6.07) is 0. The van der Waals surface area contributed by atoms with Crippen LogP contribution in [0.5, 0.6) is 0 Å². The number of sulfonamides is 1. The molecule has 1 saturated heterocycles. The molecule has 0 radical (unpaired) electrons. The SMILES string of the molecule is CC(C)S(=O)(=O)N1CCC(c2nc(C(=O)O)cs2)CC1. The van der Waals surface area contributed by atoms with Gasteiger partial charge in [0, 0.05) is 24.4 Å². The van der Waals surface area contributed by atoms with Gasteiger partial charge in [0.05, 0.1) is 10.3 Å². The lowest BCUT2D eigenvalue weighted by Gasteiger charge is -2.31. The minimum Gasteiger partial charge on any atom is -0.476 e. The van der Waals surface area contributed by atoms with E-state index >= 15 is 0 Å². The average Bonchev–Trinajstić information content (AvgIpc) is 2.88. The van der Waals surface area contributed by atoms with Crippen molar-refractivity contribution in [2.24, 2.45) is 0 Å².